The zero-order valence-electron chi connectivity index (χ0n) is 20.2. The first-order valence-corrected chi connectivity index (χ1v) is 12.5. The molecule has 1 aliphatic carbocycles. The highest BCUT2D eigenvalue weighted by atomic mass is 16.3. The summed E-state index contributed by atoms with van der Waals surface area (Å²) in [4.78, 5) is 2.45. The highest BCUT2D eigenvalue weighted by Gasteiger charge is 2.51. The van der Waals surface area contributed by atoms with E-state index in [0.717, 1.165) is 6.42 Å². The molecule has 178 valence electrons. The van der Waals surface area contributed by atoms with Gasteiger partial charge in [0.1, 0.15) is 0 Å². The number of aliphatic hydroxyl groups is 2. The van der Waals surface area contributed by atoms with Crippen LogP contribution in [0.3, 0.4) is 0 Å². The lowest BCUT2D eigenvalue weighted by molar-refractivity contribution is 0.000905. The van der Waals surface area contributed by atoms with Crippen molar-refractivity contribution in [2.75, 3.05) is 13.2 Å². The van der Waals surface area contributed by atoms with Gasteiger partial charge in [-0.2, -0.15) is 0 Å². The van der Waals surface area contributed by atoms with Crippen LogP contribution in [-0.4, -0.2) is 34.4 Å². The van der Waals surface area contributed by atoms with Crippen LogP contribution in [0.1, 0.15) is 35.6 Å². The van der Waals surface area contributed by atoms with Gasteiger partial charge in [0.25, 0.3) is 0 Å². The molecular weight excluding hydrogens is 430 g/mol. The first kappa shape index (κ1) is 23.5. The molecule has 2 atom stereocenters. The lowest BCUT2D eigenvalue weighted by Crippen LogP contribution is -2.55. The van der Waals surface area contributed by atoms with E-state index in [-0.39, 0.29) is 25.2 Å². The molecular formula is C32H33NO2. The standard InChI is InChI=1S/C32H33NO2/c1-2-25(22-34)31(23-35)33(21-24-13-5-3-6-14-24)32(26-15-7-4-8-16-26)29-19-11-9-17-27(29)28-18-10-12-20-30(28)32/h3-20,25,31,34-35H,2,21-23H2,1H3/t25-,31-/m1/s1. The van der Waals surface area contributed by atoms with Gasteiger partial charge < -0.3 is 10.2 Å². The number of hydrogen-bond acceptors (Lipinski definition) is 3. The molecule has 0 spiro atoms. The van der Waals surface area contributed by atoms with E-state index in [0.29, 0.717) is 6.54 Å². The topological polar surface area (TPSA) is 43.7 Å². The molecule has 35 heavy (non-hydrogen) atoms. The number of nitrogens with zero attached hydrogens (tertiary/aromatic N) is 1. The minimum absolute atomic E-state index is 0.0289. The average Bonchev–Trinajstić information content (AvgIpc) is 3.23. The summed E-state index contributed by atoms with van der Waals surface area (Å²) in [5.74, 6) is -0.0655. The van der Waals surface area contributed by atoms with Crippen LogP contribution >= 0.6 is 0 Å². The third kappa shape index (κ3) is 3.90. The fraction of sp³-hybridized carbons (Fsp3) is 0.250. The summed E-state index contributed by atoms with van der Waals surface area (Å²) in [6.45, 7) is 2.72. The molecule has 0 saturated heterocycles. The second kappa shape index (κ2) is 10.2. The van der Waals surface area contributed by atoms with Crippen LogP contribution in [0.5, 0.6) is 0 Å². The maximum absolute atomic E-state index is 10.9. The molecule has 0 unspecified atom stereocenters. The predicted octanol–water partition coefficient (Wildman–Crippen LogP) is 5.84. The molecule has 0 aromatic heterocycles. The lowest BCUT2D eigenvalue weighted by atomic mass is 9.76. The largest absolute Gasteiger partial charge is 0.396 e. The Hall–Kier alpha value is -3.24. The van der Waals surface area contributed by atoms with E-state index < -0.39 is 5.54 Å². The van der Waals surface area contributed by atoms with E-state index in [1.807, 2.05) is 6.07 Å². The lowest BCUT2D eigenvalue weighted by Gasteiger charge is -2.49. The van der Waals surface area contributed by atoms with Crippen molar-refractivity contribution in [1.82, 2.24) is 4.90 Å². The molecule has 4 aromatic carbocycles. The quantitative estimate of drug-likeness (QED) is 0.328. The maximum atomic E-state index is 10.9. The van der Waals surface area contributed by atoms with E-state index in [2.05, 4.69) is 115 Å². The first-order chi connectivity index (χ1) is 17.2. The number of hydrogen-bond donors (Lipinski definition) is 2. The van der Waals surface area contributed by atoms with Crippen molar-refractivity contribution in [3.63, 3.8) is 0 Å². The molecule has 2 N–H and O–H groups in total. The van der Waals surface area contributed by atoms with Gasteiger partial charge in [0.05, 0.1) is 12.1 Å². The highest BCUT2D eigenvalue weighted by molar-refractivity contribution is 5.83. The molecule has 1 aliphatic rings. The molecule has 0 fully saturated rings. The van der Waals surface area contributed by atoms with Gasteiger partial charge in [0.15, 0.2) is 0 Å². The Labute approximate surface area is 208 Å². The Bertz CT molecular complexity index is 1210. The van der Waals surface area contributed by atoms with Crippen LogP contribution in [-0.2, 0) is 12.1 Å². The molecule has 0 bridgehead atoms. The van der Waals surface area contributed by atoms with E-state index >= 15 is 0 Å². The third-order valence-corrected chi connectivity index (χ3v) is 7.63. The minimum Gasteiger partial charge on any atom is -0.396 e. The summed E-state index contributed by atoms with van der Waals surface area (Å²) in [5, 5.41) is 21.3. The van der Waals surface area contributed by atoms with Crippen molar-refractivity contribution in [3.05, 3.63) is 131 Å². The highest BCUT2D eigenvalue weighted by Crippen LogP contribution is 2.55. The van der Waals surface area contributed by atoms with Crippen LogP contribution in [0.4, 0.5) is 0 Å². The van der Waals surface area contributed by atoms with Crippen molar-refractivity contribution in [1.29, 1.82) is 0 Å². The molecule has 0 amide bonds. The van der Waals surface area contributed by atoms with Crippen LogP contribution in [0.2, 0.25) is 0 Å². The van der Waals surface area contributed by atoms with Crippen molar-refractivity contribution in [2.24, 2.45) is 5.92 Å². The van der Waals surface area contributed by atoms with Crippen LogP contribution in [0.15, 0.2) is 109 Å². The summed E-state index contributed by atoms with van der Waals surface area (Å²) in [6, 6.07) is 38.2. The fourth-order valence-electron chi connectivity index (χ4n) is 5.97. The van der Waals surface area contributed by atoms with Crippen molar-refractivity contribution in [2.45, 2.75) is 31.5 Å². The summed E-state index contributed by atoms with van der Waals surface area (Å²) in [5.41, 5.74) is 6.61. The zero-order valence-corrected chi connectivity index (χ0v) is 20.2. The number of fused-ring (bicyclic) bond motifs is 3. The van der Waals surface area contributed by atoms with Crippen molar-refractivity contribution in [3.8, 4) is 11.1 Å². The Morgan fingerprint density at radius 3 is 1.69 bits per heavy atom. The number of rotatable bonds is 9. The minimum atomic E-state index is -0.611. The Morgan fingerprint density at radius 1 is 0.657 bits per heavy atom. The van der Waals surface area contributed by atoms with E-state index in [1.54, 1.807) is 0 Å². The molecule has 0 heterocycles. The molecule has 3 nitrogen and oxygen atoms in total. The first-order valence-electron chi connectivity index (χ1n) is 12.5. The second-order valence-corrected chi connectivity index (χ2v) is 9.38. The van der Waals surface area contributed by atoms with Crippen LogP contribution < -0.4 is 0 Å². The van der Waals surface area contributed by atoms with Gasteiger partial charge in [-0.1, -0.05) is 116 Å². The van der Waals surface area contributed by atoms with E-state index in [9.17, 15) is 10.2 Å². The summed E-state index contributed by atoms with van der Waals surface area (Å²) < 4.78 is 0. The summed E-state index contributed by atoms with van der Waals surface area (Å²) in [6.07, 6.45) is 0.779. The number of aliphatic hydroxyl groups excluding tert-OH is 2. The second-order valence-electron chi connectivity index (χ2n) is 9.38. The Morgan fingerprint density at radius 2 is 1.17 bits per heavy atom. The van der Waals surface area contributed by atoms with Gasteiger partial charge in [-0.3, -0.25) is 4.90 Å². The molecule has 0 aliphatic heterocycles. The molecule has 4 aromatic rings. The van der Waals surface area contributed by atoms with Gasteiger partial charge in [-0.25, -0.2) is 0 Å². The van der Waals surface area contributed by atoms with Crippen molar-refractivity contribution < 1.29 is 10.2 Å². The zero-order chi connectivity index (χ0) is 24.3. The van der Waals surface area contributed by atoms with Gasteiger partial charge in [0, 0.05) is 19.2 Å². The molecule has 5 rings (SSSR count). The molecule has 3 heteroatoms. The SMILES string of the molecule is CC[C@H](CO)[C@@H](CO)N(Cc1ccccc1)C1(c2ccccc2)c2ccccc2-c2ccccc21. The molecule has 0 radical (unpaired) electrons. The fourth-order valence-corrected chi connectivity index (χ4v) is 5.97. The van der Waals surface area contributed by atoms with Crippen molar-refractivity contribution >= 4 is 0 Å². The van der Waals surface area contributed by atoms with Crippen LogP contribution in [0, 0.1) is 5.92 Å². The maximum Gasteiger partial charge on any atom is 0.0991 e. The van der Waals surface area contributed by atoms with Gasteiger partial charge in [-0.15, -0.1) is 0 Å². The average molecular weight is 464 g/mol. The molecule has 0 saturated carbocycles. The Kier molecular flexibility index (Phi) is 6.83. The number of benzene rings is 4. The van der Waals surface area contributed by atoms with Gasteiger partial charge in [-0.05, 0) is 45.7 Å². The monoisotopic (exact) mass is 463 g/mol. The Balaban J connectivity index is 1.86. The third-order valence-electron chi connectivity index (χ3n) is 7.63. The smallest absolute Gasteiger partial charge is 0.0991 e. The normalized spacial score (nSPS) is 15.4. The van der Waals surface area contributed by atoms with E-state index in [4.69, 9.17) is 0 Å². The van der Waals surface area contributed by atoms with E-state index in [1.165, 1.54) is 33.4 Å². The summed E-state index contributed by atoms with van der Waals surface area (Å²) in [7, 11) is 0. The van der Waals surface area contributed by atoms with Gasteiger partial charge >= 0.3 is 0 Å². The van der Waals surface area contributed by atoms with Crippen LogP contribution in [0.25, 0.3) is 11.1 Å². The summed E-state index contributed by atoms with van der Waals surface area (Å²) >= 11 is 0. The predicted molar refractivity (Wildman–Crippen MR) is 142 cm³/mol. The van der Waals surface area contributed by atoms with Gasteiger partial charge in [0.2, 0.25) is 0 Å².